The lowest BCUT2D eigenvalue weighted by molar-refractivity contribution is -0.157. The molecular weight excluding hydrogens is 592 g/mol. The van der Waals surface area contributed by atoms with Gasteiger partial charge in [0.1, 0.15) is 29.6 Å². The van der Waals surface area contributed by atoms with Crippen molar-refractivity contribution in [2.45, 2.75) is 97.1 Å². The molecule has 3 aliphatic rings. The van der Waals surface area contributed by atoms with Gasteiger partial charge in [0.15, 0.2) is 0 Å². The summed E-state index contributed by atoms with van der Waals surface area (Å²) in [5.74, 6) is -0.428. The van der Waals surface area contributed by atoms with Gasteiger partial charge in [-0.1, -0.05) is 0 Å². The summed E-state index contributed by atoms with van der Waals surface area (Å²) in [5.41, 5.74) is 1.85. The number of ether oxygens (including phenoxy) is 3. The molecule has 9 heteroatoms. The quantitative estimate of drug-likeness (QED) is 0.265. The second-order valence-corrected chi connectivity index (χ2v) is 15.0. The van der Waals surface area contributed by atoms with Crippen LogP contribution in [0.3, 0.4) is 0 Å². The first-order valence-electron chi connectivity index (χ1n) is 16.0. The number of carbonyl (C=O) groups excluding carboxylic acids is 1. The number of hydrogen-bond acceptors (Lipinski definition) is 7. The van der Waals surface area contributed by atoms with Crippen molar-refractivity contribution in [3.05, 3.63) is 76.0 Å². The van der Waals surface area contributed by atoms with E-state index in [-0.39, 0.29) is 47.4 Å². The molecule has 7 nitrogen and oxygen atoms in total. The minimum atomic E-state index is -1.18. The Morgan fingerprint density at radius 1 is 0.978 bits per heavy atom. The van der Waals surface area contributed by atoms with Crippen LogP contribution in [0.15, 0.2) is 36.5 Å². The molecule has 6 atom stereocenters. The number of carbonyl (C=O) groups is 1. The minimum absolute atomic E-state index is 0.0117. The summed E-state index contributed by atoms with van der Waals surface area (Å²) in [6.45, 7) is 12.8. The van der Waals surface area contributed by atoms with Gasteiger partial charge in [-0.05, 0) is 126 Å². The number of esters is 1. The van der Waals surface area contributed by atoms with Crippen LogP contribution >= 0.6 is 0 Å². The predicted octanol–water partition coefficient (Wildman–Crippen LogP) is 6.74. The molecule has 2 N–H and O–H groups in total. The highest BCUT2D eigenvalue weighted by molar-refractivity contribution is 5.80. The average Bonchev–Trinajstić information content (AvgIpc) is 3.44. The Labute approximate surface area is 268 Å². The molecule has 3 aromatic rings. The molecule has 0 saturated heterocycles. The lowest BCUT2D eigenvalue weighted by Crippen LogP contribution is -2.44. The van der Waals surface area contributed by atoms with Crippen molar-refractivity contribution in [3.63, 3.8) is 0 Å². The summed E-state index contributed by atoms with van der Waals surface area (Å²) in [7, 11) is 0. The summed E-state index contributed by atoms with van der Waals surface area (Å²) in [6, 6.07) is 7.85. The summed E-state index contributed by atoms with van der Waals surface area (Å²) >= 11 is 0. The molecule has 0 radical (unpaired) electrons. The maximum Gasteiger partial charge on any atom is 0.310 e. The van der Waals surface area contributed by atoms with E-state index in [1.54, 1.807) is 20.0 Å². The van der Waals surface area contributed by atoms with Gasteiger partial charge in [-0.15, -0.1) is 0 Å². The second-order valence-electron chi connectivity index (χ2n) is 15.0. The summed E-state index contributed by atoms with van der Waals surface area (Å²) in [4.78, 5) is 17.0. The number of halogens is 2. The Balaban J connectivity index is 1.13. The largest absolute Gasteiger partial charge is 0.493 e. The summed E-state index contributed by atoms with van der Waals surface area (Å²) < 4.78 is 47.7. The van der Waals surface area contributed by atoms with Gasteiger partial charge in [-0.3, -0.25) is 4.79 Å². The molecule has 0 bridgehead atoms. The van der Waals surface area contributed by atoms with Crippen LogP contribution in [-0.2, 0) is 22.6 Å². The van der Waals surface area contributed by atoms with E-state index in [2.05, 4.69) is 4.98 Å². The molecule has 3 aliphatic carbocycles. The van der Waals surface area contributed by atoms with E-state index in [0.717, 1.165) is 34.7 Å². The van der Waals surface area contributed by atoms with Crippen LogP contribution in [0.2, 0.25) is 0 Å². The fraction of sp³-hybridized carbons (Fsp3) is 0.514. The first-order valence-corrected chi connectivity index (χ1v) is 16.0. The normalized spacial score (nSPS) is 28.1. The van der Waals surface area contributed by atoms with Crippen LogP contribution in [-0.4, -0.2) is 44.6 Å². The van der Waals surface area contributed by atoms with E-state index in [4.69, 9.17) is 14.2 Å². The van der Waals surface area contributed by atoms with E-state index >= 15 is 4.39 Å². The van der Waals surface area contributed by atoms with Crippen molar-refractivity contribution in [1.82, 2.24) is 4.98 Å². The fourth-order valence-electron chi connectivity index (χ4n) is 7.49. The standard InChI is InChI=1S/C37H43F2NO6/c1-19-8-24(44-17-21-14-36(6,42)37(7,43)15-21)9-20(2)31(19)25-11-23(28(38)13-29(25)39)18-45-30-12-22-10-26-32(27(22)16-40-30)33(26)34(41)46-35(3,4)5/h8-9,11-13,16,21,26,32-33,42-43H,10,14-15,17-18H2,1-7H3/t21-,26-,32+,33-,36-,37+/m0/s1. The minimum Gasteiger partial charge on any atom is -0.493 e. The number of aliphatic hydroxyl groups is 2. The average molecular weight is 636 g/mol. The molecule has 246 valence electrons. The lowest BCUT2D eigenvalue weighted by atomic mass is 9.90. The van der Waals surface area contributed by atoms with Gasteiger partial charge in [0.05, 0.1) is 23.7 Å². The Morgan fingerprint density at radius 3 is 2.26 bits per heavy atom. The zero-order valence-corrected chi connectivity index (χ0v) is 27.5. The van der Waals surface area contributed by atoms with E-state index in [0.29, 0.717) is 36.6 Å². The van der Waals surface area contributed by atoms with Gasteiger partial charge < -0.3 is 24.4 Å². The highest BCUT2D eigenvalue weighted by Crippen LogP contribution is 2.62. The van der Waals surface area contributed by atoms with Crippen LogP contribution in [0.1, 0.15) is 81.2 Å². The van der Waals surface area contributed by atoms with Gasteiger partial charge in [0.25, 0.3) is 0 Å². The zero-order valence-electron chi connectivity index (χ0n) is 27.5. The van der Waals surface area contributed by atoms with Crippen molar-refractivity contribution in [2.24, 2.45) is 17.8 Å². The lowest BCUT2D eigenvalue weighted by Gasteiger charge is -2.31. The predicted molar refractivity (Wildman–Crippen MR) is 169 cm³/mol. The molecule has 2 saturated carbocycles. The van der Waals surface area contributed by atoms with Crippen LogP contribution in [0, 0.1) is 43.2 Å². The van der Waals surface area contributed by atoms with Crippen LogP contribution in [0.25, 0.3) is 11.1 Å². The van der Waals surface area contributed by atoms with Gasteiger partial charge in [-0.2, -0.15) is 0 Å². The number of benzene rings is 2. The topological polar surface area (TPSA) is 98.1 Å². The molecule has 2 aromatic carbocycles. The molecule has 0 spiro atoms. The van der Waals surface area contributed by atoms with E-state index < -0.39 is 28.4 Å². The van der Waals surface area contributed by atoms with Crippen LogP contribution in [0.4, 0.5) is 8.78 Å². The maximum absolute atomic E-state index is 15.2. The number of aryl methyl sites for hydroxylation is 2. The van der Waals surface area contributed by atoms with Crippen molar-refractivity contribution < 1.29 is 38.0 Å². The highest BCUT2D eigenvalue weighted by Gasteiger charge is 2.61. The monoisotopic (exact) mass is 635 g/mol. The van der Waals surface area contributed by atoms with Gasteiger partial charge >= 0.3 is 5.97 Å². The molecule has 0 unspecified atom stereocenters. The number of nitrogens with zero attached hydrogens (tertiary/aromatic N) is 1. The number of hydrogen-bond donors (Lipinski definition) is 2. The Bertz CT molecular complexity index is 1650. The van der Waals surface area contributed by atoms with E-state index in [1.807, 2.05) is 52.8 Å². The highest BCUT2D eigenvalue weighted by atomic mass is 19.1. The fourth-order valence-corrected chi connectivity index (χ4v) is 7.49. The van der Waals surface area contributed by atoms with Gasteiger partial charge in [0, 0.05) is 35.4 Å². The Kier molecular flexibility index (Phi) is 7.96. The van der Waals surface area contributed by atoms with Gasteiger partial charge in [0.2, 0.25) is 5.88 Å². The maximum atomic E-state index is 15.2. The van der Waals surface area contributed by atoms with E-state index in [1.165, 1.54) is 6.07 Å². The van der Waals surface area contributed by atoms with Crippen molar-refractivity contribution >= 4 is 5.97 Å². The van der Waals surface area contributed by atoms with Crippen molar-refractivity contribution in [3.8, 4) is 22.8 Å². The number of fused-ring (bicyclic) bond motifs is 3. The summed E-state index contributed by atoms with van der Waals surface area (Å²) in [6.07, 6.45) is 3.33. The van der Waals surface area contributed by atoms with Crippen LogP contribution in [0.5, 0.6) is 11.6 Å². The number of aromatic nitrogens is 1. The molecule has 1 heterocycles. The summed E-state index contributed by atoms with van der Waals surface area (Å²) in [5, 5.41) is 21.0. The van der Waals surface area contributed by atoms with Crippen LogP contribution < -0.4 is 9.47 Å². The first-order chi connectivity index (χ1) is 21.4. The third kappa shape index (κ3) is 6.11. The van der Waals surface area contributed by atoms with E-state index in [9.17, 15) is 19.4 Å². The first kappa shape index (κ1) is 32.4. The molecule has 0 amide bonds. The molecule has 46 heavy (non-hydrogen) atoms. The molecule has 1 aromatic heterocycles. The van der Waals surface area contributed by atoms with Gasteiger partial charge in [-0.25, -0.2) is 13.8 Å². The number of pyridine rings is 1. The van der Waals surface area contributed by atoms with Crippen molar-refractivity contribution in [1.29, 1.82) is 0 Å². The molecule has 0 aliphatic heterocycles. The molecule has 2 fully saturated rings. The third-order valence-corrected chi connectivity index (χ3v) is 9.97. The Morgan fingerprint density at radius 2 is 1.63 bits per heavy atom. The molecular formula is C37H43F2NO6. The Hall–Kier alpha value is -3.56. The zero-order chi connectivity index (χ0) is 33.3. The molecule has 6 rings (SSSR count). The SMILES string of the molecule is Cc1cc(OC[C@H]2C[C@](C)(O)[C@](C)(O)C2)cc(C)c1-c1cc(COc2cc3c(cn2)[C@H]2[C@H](C3)[C@@H]2C(=O)OC(C)(C)C)c(F)cc1F. The second kappa shape index (κ2) is 11.3. The third-order valence-electron chi connectivity index (χ3n) is 9.97. The van der Waals surface area contributed by atoms with Crippen molar-refractivity contribution in [2.75, 3.05) is 6.61 Å². The number of rotatable bonds is 8. The smallest absolute Gasteiger partial charge is 0.310 e.